The maximum atomic E-state index is 10.6. The minimum absolute atomic E-state index is 0.296. The zero-order valence-electron chi connectivity index (χ0n) is 17.7. The molecule has 1 unspecified atom stereocenters. The Morgan fingerprint density at radius 1 is 1.10 bits per heavy atom. The van der Waals surface area contributed by atoms with Gasteiger partial charge < -0.3 is 14.6 Å². The second-order valence-corrected chi connectivity index (χ2v) is 7.90. The number of para-hydroxylation sites is 1. The number of nitrogens with zero attached hydrogens (tertiary/aromatic N) is 2. The van der Waals surface area contributed by atoms with Crippen LogP contribution in [0.1, 0.15) is 16.7 Å². The molecule has 1 saturated heterocycles. The van der Waals surface area contributed by atoms with Crippen LogP contribution in [0.5, 0.6) is 5.75 Å². The molecule has 0 bridgehead atoms. The summed E-state index contributed by atoms with van der Waals surface area (Å²) in [6.45, 7) is 11.5. The highest BCUT2D eigenvalue weighted by molar-refractivity contribution is 5.30. The van der Waals surface area contributed by atoms with Crippen molar-refractivity contribution in [2.75, 3.05) is 52.5 Å². The smallest absolute Gasteiger partial charge is 0.119 e. The summed E-state index contributed by atoms with van der Waals surface area (Å²) in [5.41, 5.74) is 3.89. The first kappa shape index (κ1) is 21.8. The molecule has 0 spiro atoms. The van der Waals surface area contributed by atoms with Crippen LogP contribution in [0.4, 0.5) is 0 Å². The molecule has 29 heavy (non-hydrogen) atoms. The maximum absolute atomic E-state index is 10.6. The highest BCUT2D eigenvalue weighted by Crippen LogP contribution is 2.15. The van der Waals surface area contributed by atoms with E-state index in [2.05, 4.69) is 41.8 Å². The van der Waals surface area contributed by atoms with Gasteiger partial charge in [0.25, 0.3) is 0 Å². The Kier molecular flexibility index (Phi) is 8.50. The summed E-state index contributed by atoms with van der Waals surface area (Å²) in [5, 5.41) is 10.6. The second kappa shape index (κ2) is 11.3. The van der Waals surface area contributed by atoms with E-state index in [1.807, 2.05) is 30.3 Å². The zero-order chi connectivity index (χ0) is 20.5. The molecule has 3 rings (SSSR count). The number of hydrogen-bond acceptors (Lipinski definition) is 5. The number of aliphatic hydroxyl groups excluding tert-OH is 1. The van der Waals surface area contributed by atoms with Gasteiger partial charge in [-0.25, -0.2) is 0 Å². The van der Waals surface area contributed by atoms with Crippen molar-refractivity contribution in [2.24, 2.45) is 0 Å². The van der Waals surface area contributed by atoms with E-state index in [1.54, 1.807) is 0 Å². The van der Waals surface area contributed by atoms with Crippen LogP contribution in [0.2, 0.25) is 0 Å². The van der Waals surface area contributed by atoms with Crippen molar-refractivity contribution in [3.63, 3.8) is 0 Å². The zero-order valence-corrected chi connectivity index (χ0v) is 17.7. The average Bonchev–Trinajstić information content (AvgIpc) is 2.74. The lowest BCUT2D eigenvalue weighted by Gasteiger charge is -2.31. The molecule has 158 valence electrons. The van der Waals surface area contributed by atoms with E-state index in [1.165, 1.54) is 16.7 Å². The average molecular weight is 399 g/mol. The van der Waals surface area contributed by atoms with Crippen molar-refractivity contribution in [3.05, 3.63) is 65.2 Å². The number of morpholine rings is 1. The van der Waals surface area contributed by atoms with Gasteiger partial charge in [0.15, 0.2) is 0 Å². The lowest BCUT2D eigenvalue weighted by atomic mass is 10.0. The summed E-state index contributed by atoms with van der Waals surface area (Å²) in [4.78, 5) is 4.78. The number of benzene rings is 2. The normalized spacial score (nSPS) is 16.1. The van der Waals surface area contributed by atoms with E-state index >= 15 is 0 Å². The maximum Gasteiger partial charge on any atom is 0.119 e. The summed E-state index contributed by atoms with van der Waals surface area (Å²) >= 11 is 0. The minimum atomic E-state index is -0.537. The molecule has 1 fully saturated rings. The fourth-order valence-corrected chi connectivity index (χ4v) is 3.61. The van der Waals surface area contributed by atoms with E-state index in [0.29, 0.717) is 13.2 Å². The van der Waals surface area contributed by atoms with E-state index in [9.17, 15) is 5.11 Å². The third-order valence-electron chi connectivity index (χ3n) is 5.39. The van der Waals surface area contributed by atoms with Crippen LogP contribution in [0.3, 0.4) is 0 Å². The second-order valence-electron chi connectivity index (χ2n) is 7.90. The fourth-order valence-electron chi connectivity index (χ4n) is 3.61. The molecule has 2 aromatic carbocycles. The molecular formula is C24H34N2O3. The van der Waals surface area contributed by atoms with Crippen LogP contribution in [0.25, 0.3) is 0 Å². The number of hydrogen-bond donors (Lipinski definition) is 1. The first-order chi connectivity index (χ1) is 14.1. The van der Waals surface area contributed by atoms with Gasteiger partial charge in [-0.2, -0.15) is 0 Å². The van der Waals surface area contributed by atoms with E-state index in [4.69, 9.17) is 9.47 Å². The standard InChI is InChI=1S/C24H34N2O3/c1-20-8-9-21(2)22(16-20)17-26(11-10-25-12-14-28-15-13-25)18-23(27)19-29-24-6-4-3-5-7-24/h3-9,16,23,27H,10-15,17-19H2,1-2H3. The topological polar surface area (TPSA) is 45.2 Å². The van der Waals surface area contributed by atoms with Gasteiger partial charge in [0.2, 0.25) is 0 Å². The molecule has 5 nitrogen and oxygen atoms in total. The molecule has 0 radical (unpaired) electrons. The number of aryl methyl sites for hydroxylation is 2. The third kappa shape index (κ3) is 7.44. The fraction of sp³-hybridized carbons (Fsp3) is 0.500. The Bertz CT molecular complexity index is 732. The number of rotatable bonds is 10. The summed E-state index contributed by atoms with van der Waals surface area (Å²) in [7, 11) is 0. The van der Waals surface area contributed by atoms with Crippen molar-refractivity contribution < 1.29 is 14.6 Å². The van der Waals surface area contributed by atoms with Crippen molar-refractivity contribution >= 4 is 0 Å². The van der Waals surface area contributed by atoms with Gasteiger partial charge >= 0.3 is 0 Å². The van der Waals surface area contributed by atoms with Crippen molar-refractivity contribution in [1.82, 2.24) is 9.80 Å². The molecule has 1 heterocycles. The summed E-state index contributed by atoms with van der Waals surface area (Å²) in [6, 6.07) is 16.3. The predicted octanol–water partition coefficient (Wildman–Crippen LogP) is 2.88. The van der Waals surface area contributed by atoms with Crippen LogP contribution in [0.15, 0.2) is 48.5 Å². The van der Waals surface area contributed by atoms with E-state index in [0.717, 1.165) is 51.7 Å². The molecule has 0 aromatic heterocycles. The van der Waals surface area contributed by atoms with Crippen LogP contribution >= 0.6 is 0 Å². The molecule has 1 aliphatic rings. The molecule has 1 aliphatic heterocycles. The molecular weight excluding hydrogens is 364 g/mol. The Labute approximate surface area is 174 Å². The lowest BCUT2D eigenvalue weighted by Crippen LogP contribution is -2.43. The third-order valence-corrected chi connectivity index (χ3v) is 5.39. The largest absolute Gasteiger partial charge is 0.491 e. The van der Waals surface area contributed by atoms with E-state index < -0.39 is 6.10 Å². The van der Waals surface area contributed by atoms with Gasteiger partial charge in [0, 0.05) is 39.3 Å². The van der Waals surface area contributed by atoms with Crippen LogP contribution < -0.4 is 4.74 Å². The Morgan fingerprint density at radius 3 is 2.62 bits per heavy atom. The van der Waals surface area contributed by atoms with Crippen molar-refractivity contribution in [3.8, 4) is 5.75 Å². The summed E-state index contributed by atoms with van der Waals surface area (Å²) in [6.07, 6.45) is -0.537. The Balaban J connectivity index is 1.58. The minimum Gasteiger partial charge on any atom is -0.491 e. The predicted molar refractivity (Wildman–Crippen MR) is 116 cm³/mol. The van der Waals surface area contributed by atoms with Gasteiger partial charge in [-0.1, -0.05) is 42.0 Å². The van der Waals surface area contributed by atoms with Crippen LogP contribution in [-0.2, 0) is 11.3 Å². The first-order valence-electron chi connectivity index (χ1n) is 10.5. The monoisotopic (exact) mass is 398 g/mol. The summed E-state index contributed by atoms with van der Waals surface area (Å²) < 4.78 is 11.2. The van der Waals surface area contributed by atoms with E-state index in [-0.39, 0.29) is 0 Å². The van der Waals surface area contributed by atoms with Crippen LogP contribution in [-0.4, -0.2) is 73.6 Å². The van der Waals surface area contributed by atoms with Gasteiger partial charge in [-0.05, 0) is 37.1 Å². The van der Waals surface area contributed by atoms with Gasteiger partial charge in [-0.3, -0.25) is 9.80 Å². The molecule has 5 heteroatoms. The van der Waals surface area contributed by atoms with Gasteiger partial charge in [0.1, 0.15) is 18.5 Å². The quantitative estimate of drug-likeness (QED) is 0.667. The first-order valence-corrected chi connectivity index (χ1v) is 10.5. The molecule has 2 aromatic rings. The molecule has 0 aliphatic carbocycles. The SMILES string of the molecule is Cc1ccc(C)c(CN(CCN2CCOCC2)CC(O)COc2ccccc2)c1. The highest BCUT2D eigenvalue weighted by Gasteiger charge is 2.17. The molecule has 1 N–H and O–H groups in total. The van der Waals surface area contributed by atoms with Crippen molar-refractivity contribution in [2.45, 2.75) is 26.5 Å². The number of ether oxygens (including phenoxy) is 2. The molecule has 0 amide bonds. The van der Waals surface area contributed by atoms with Gasteiger partial charge in [-0.15, -0.1) is 0 Å². The Hall–Kier alpha value is -1.92. The highest BCUT2D eigenvalue weighted by atomic mass is 16.5. The molecule has 0 saturated carbocycles. The Morgan fingerprint density at radius 2 is 1.86 bits per heavy atom. The number of aliphatic hydroxyl groups is 1. The van der Waals surface area contributed by atoms with Gasteiger partial charge in [0.05, 0.1) is 13.2 Å². The van der Waals surface area contributed by atoms with Crippen molar-refractivity contribution in [1.29, 1.82) is 0 Å². The van der Waals surface area contributed by atoms with Crippen LogP contribution in [0, 0.1) is 13.8 Å². The molecule has 1 atom stereocenters. The summed E-state index contributed by atoms with van der Waals surface area (Å²) in [5.74, 6) is 0.793. The lowest BCUT2D eigenvalue weighted by molar-refractivity contribution is 0.0255.